The Morgan fingerprint density at radius 3 is 2.05 bits per heavy atom. The molecule has 21 heavy (non-hydrogen) atoms. The molecule has 0 radical (unpaired) electrons. The van der Waals surface area contributed by atoms with E-state index < -0.39 is 0 Å². The molecule has 1 aliphatic rings. The van der Waals surface area contributed by atoms with Gasteiger partial charge in [0.05, 0.1) is 0 Å². The van der Waals surface area contributed by atoms with Crippen LogP contribution in [0.5, 0.6) is 0 Å². The van der Waals surface area contributed by atoms with Crippen molar-refractivity contribution in [3.8, 4) is 0 Å². The predicted molar refractivity (Wildman–Crippen MR) is 89.0 cm³/mol. The average molecular weight is 277 g/mol. The molecule has 3 atom stereocenters. The summed E-state index contributed by atoms with van der Waals surface area (Å²) in [7, 11) is 0. The molecule has 0 aliphatic carbocycles. The maximum absolute atomic E-state index is 4.27. The van der Waals surface area contributed by atoms with Gasteiger partial charge in [0.25, 0.3) is 0 Å². The second-order valence-electron chi connectivity index (χ2n) is 6.38. The van der Waals surface area contributed by atoms with Gasteiger partial charge in [-0.2, -0.15) is 0 Å². The van der Waals surface area contributed by atoms with E-state index in [1.807, 2.05) is 0 Å². The van der Waals surface area contributed by atoms with Crippen molar-refractivity contribution in [3.05, 3.63) is 83.9 Å². The van der Waals surface area contributed by atoms with Crippen LogP contribution in [0.25, 0.3) is 0 Å². The SMILES string of the molecule is C=C(C)[C@]1(C)C[C@H](c2ccccc2)N[C@@H]1c1ccccc1. The molecule has 1 nitrogen and oxygen atoms in total. The molecule has 1 heterocycles. The summed E-state index contributed by atoms with van der Waals surface area (Å²) in [4.78, 5) is 0. The van der Waals surface area contributed by atoms with Gasteiger partial charge >= 0.3 is 0 Å². The lowest BCUT2D eigenvalue weighted by Crippen LogP contribution is -2.27. The van der Waals surface area contributed by atoms with Crippen LogP contribution in [0.15, 0.2) is 72.8 Å². The van der Waals surface area contributed by atoms with Gasteiger partial charge < -0.3 is 5.32 Å². The molecule has 1 heteroatoms. The van der Waals surface area contributed by atoms with Crippen molar-refractivity contribution in [1.29, 1.82) is 0 Å². The summed E-state index contributed by atoms with van der Waals surface area (Å²) in [5.41, 5.74) is 4.05. The lowest BCUT2D eigenvalue weighted by molar-refractivity contribution is 0.348. The molecule has 108 valence electrons. The van der Waals surface area contributed by atoms with Gasteiger partial charge in [0.2, 0.25) is 0 Å². The fourth-order valence-corrected chi connectivity index (χ4v) is 3.42. The molecule has 1 N–H and O–H groups in total. The van der Waals surface area contributed by atoms with Gasteiger partial charge in [-0.15, -0.1) is 0 Å². The van der Waals surface area contributed by atoms with E-state index in [9.17, 15) is 0 Å². The molecule has 2 aromatic carbocycles. The summed E-state index contributed by atoms with van der Waals surface area (Å²) in [5.74, 6) is 0. The highest BCUT2D eigenvalue weighted by Crippen LogP contribution is 2.51. The first kappa shape index (κ1) is 14.1. The second kappa shape index (κ2) is 5.50. The van der Waals surface area contributed by atoms with E-state index in [2.05, 4.69) is 86.4 Å². The fourth-order valence-electron chi connectivity index (χ4n) is 3.42. The zero-order chi connectivity index (χ0) is 14.9. The molecule has 1 fully saturated rings. The molecule has 0 spiro atoms. The number of hydrogen-bond acceptors (Lipinski definition) is 1. The van der Waals surface area contributed by atoms with Crippen LogP contribution in [-0.2, 0) is 0 Å². The van der Waals surface area contributed by atoms with E-state index in [-0.39, 0.29) is 5.41 Å². The number of nitrogens with one attached hydrogen (secondary N) is 1. The van der Waals surface area contributed by atoms with Crippen LogP contribution in [0.1, 0.15) is 43.5 Å². The van der Waals surface area contributed by atoms with E-state index in [1.54, 1.807) is 0 Å². The van der Waals surface area contributed by atoms with Gasteiger partial charge in [0.15, 0.2) is 0 Å². The minimum atomic E-state index is 0.0852. The molecule has 0 bridgehead atoms. The topological polar surface area (TPSA) is 12.0 Å². The average Bonchev–Trinajstić information content (AvgIpc) is 2.88. The number of benzene rings is 2. The quantitative estimate of drug-likeness (QED) is 0.775. The predicted octanol–water partition coefficient (Wildman–Crippen LogP) is 5.04. The summed E-state index contributed by atoms with van der Waals surface area (Å²) >= 11 is 0. The Labute approximate surface area is 127 Å². The van der Waals surface area contributed by atoms with E-state index in [0.717, 1.165) is 6.42 Å². The normalized spacial score (nSPS) is 28.5. The van der Waals surface area contributed by atoms with E-state index in [1.165, 1.54) is 16.7 Å². The first-order valence-electron chi connectivity index (χ1n) is 7.63. The smallest absolute Gasteiger partial charge is 0.0417 e. The highest BCUT2D eigenvalue weighted by molar-refractivity contribution is 5.32. The summed E-state index contributed by atoms with van der Waals surface area (Å²) in [6.45, 7) is 8.77. The first-order chi connectivity index (χ1) is 10.1. The monoisotopic (exact) mass is 277 g/mol. The van der Waals surface area contributed by atoms with Crippen LogP contribution >= 0.6 is 0 Å². The molecular formula is C20H23N. The van der Waals surface area contributed by atoms with Crippen molar-refractivity contribution in [2.75, 3.05) is 0 Å². The van der Waals surface area contributed by atoms with Crippen LogP contribution in [0.3, 0.4) is 0 Å². The fraction of sp³-hybridized carbons (Fsp3) is 0.300. The van der Waals surface area contributed by atoms with Crippen LogP contribution in [0, 0.1) is 5.41 Å². The molecule has 1 saturated heterocycles. The first-order valence-corrected chi connectivity index (χ1v) is 7.63. The molecule has 1 aliphatic heterocycles. The number of rotatable bonds is 3. The Morgan fingerprint density at radius 1 is 1.00 bits per heavy atom. The van der Waals surface area contributed by atoms with E-state index in [0.29, 0.717) is 12.1 Å². The maximum atomic E-state index is 4.27. The minimum absolute atomic E-state index is 0.0852. The molecule has 0 unspecified atom stereocenters. The van der Waals surface area contributed by atoms with Crippen LogP contribution < -0.4 is 5.32 Å². The van der Waals surface area contributed by atoms with E-state index >= 15 is 0 Å². The summed E-state index contributed by atoms with van der Waals surface area (Å²) in [6.07, 6.45) is 1.09. The largest absolute Gasteiger partial charge is 0.302 e. The second-order valence-corrected chi connectivity index (χ2v) is 6.38. The van der Waals surface area contributed by atoms with Crippen molar-refractivity contribution in [1.82, 2.24) is 5.32 Å². The number of hydrogen-bond donors (Lipinski definition) is 1. The molecular weight excluding hydrogens is 254 g/mol. The van der Waals surface area contributed by atoms with Crippen molar-refractivity contribution < 1.29 is 0 Å². The zero-order valence-corrected chi connectivity index (χ0v) is 12.8. The Kier molecular flexibility index (Phi) is 3.69. The molecule has 3 rings (SSSR count). The summed E-state index contributed by atoms with van der Waals surface area (Å²) < 4.78 is 0. The molecule has 0 saturated carbocycles. The standard InChI is InChI=1S/C20H23N/c1-15(2)20(3)14-18(16-10-6-4-7-11-16)21-19(20)17-12-8-5-9-13-17/h4-13,18-19,21H,1,14H2,2-3H3/t18-,19-,20+/m1/s1. The lowest BCUT2D eigenvalue weighted by atomic mass is 9.73. The maximum Gasteiger partial charge on any atom is 0.0417 e. The zero-order valence-electron chi connectivity index (χ0n) is 12.8. The Balaban J connectivity index is 1.97. The van der Waals surface area contributed by atoms with Crippen LogP contribution in [-0.4, -0.2) is 0 Å². The Morgan fingerprint density at radius 2 is 1.52 bits per heavy atom. The summed E-state index contributed by atoms with van der Waals surface area (Å²) in [6, 6.07) is 22.2. The highest BCUT2D eigenvalue weighted by Gasteiger charge is 2.45. The van der Waals surface area contributed by atoms with Crippen LogP contribution in [0.2, 0.25) is 0 Å². The van der Waals surface area contributed by atoms with Crippen molar-refractivity contribution >= 4 is 0 Å². The third-order valence-corrected chi connectivity index (χ3v) is 4.94. The molecule has 2 aromatic rings. The third-order valence-electron chi connectivity index (χ3n) is 4.94. The minimum Gasteiger partial charge on any atom is -0.302 e. The molecule has 0 amide bonds. The van der Waals surface area contributed by atoms with Gasteiger partial charge in [-0.3, -0.25) is 0 Å². The van der Waals surface area contributed by atoms with Gasteiger partial charge in [-0.25, -0.2) is 0 Å². The van der Waals surface area contributed by atoms with Crippen molar-refractivity contribution in [2.24, 2.45) is 5.41 Å². The Hall–Kier alpha value is -1.86. The van der Waals surface area contributed by atoms with Crippen molar-refractivity contribution in [3.63, 3.8) is 0 Å². The van der Waals surface area contributed by atoms with E-state index in [4.69, 9.17) is 0 Å². The van der Waals surface area contributed by atoms with Gasteiger partial charge in [-0.05, 0) is 24.5 Å². The van der Waals surface area contributed by atoms with Gasteiger partial charge in [0, 0.05) is 17.5 Å². The lowest BCUT2D eigenvalue weighted by Gasteiger charge is -2.32. The molecule has 0 aromatic heterocycles. The Bertz CT molecular complexity index is 617. The van der Waals surface area contributed by atoms with Crippen molar-refractivity contribution in [2.45, 2.75) is 32.4 Å². The van der Waals surface area contributed by atoms with Crippen LogP contribution in [0.4, 0.5) is 0 Å². The highest BCUT2D eigenvalue weighted by atomic mass is 15.0. The van der Waals surface area contributed by atoms with Gasteiger partial charge in [0.1, 0.15) is 0 Å². The summed E-state index contributed by atoms with van der Waals surface area (Å²) in [5, 5.41) is 3.83. The third kappa shape index (κ3) is 2.54. The van der Waals surface area contributed by atoms with Gasteiger partial charge in [-0.1, -0.05) is 79.7 Å².